The van der Waals surface area contributed by atoms with Crippen LogP contribution in [-0.2, 0) is 14.3 Å². The van der Waals surface area contributed by atoms with Crippen molar-refractivity contribution >= 4 is 46.1 Å². The Morgan fingerprint density at radius 2 is 2.04 bits per heavy atom. The Hall–Kier alpha value is -3.22. The number of hydrogen-bond acceptors (Lipinski definition) is 7. The van der Waals surface area contributed by atoms with Crippen molar-refractivity contribution < 1.29 is 19.1 Å². The largest absolute Gasteiger partial charge is 0.479 e. The number of nitriles is 1. The number of esters is 1. The Bertz CT molecular complexity index is 976. The molecular formula is C19H15N3O4S2. The van der Waals surface area contributed by atoms with Gasteiger partial charge in [0.15, 0.2) is 11.7 Å². The van der Waals surface area contributed by atoms with Crippen molar-refractivity contribution in [1.29, 1.82) is 5.26 Å². The molecule has 1 aliphatic rings. The molecule has 1 aromatic carbocycles. The summed E-state index contributed by atoms with van der Waals surface area (Å²) in [7, 11) is 1.16. The van der Waals surface area contributed by atoms with Crippen LogP contribution in [0.4, 0.5) is 0 Å². The third-order valence-corrected chi connectivity index (χ3v) is 5.08. The van der Waals surface area contributed by atoms with Crippen LogP contribution in [0.2, 0.25) is 0 Å². The third kappa shape index (κ3) is 4.03. The number of methoxy groups -OCH3 is 1. The highest BCUT2D eigenvalue weighted by Crippen LogP contribution is 2.34. The number of ether oxygens (including phenoxy) is 2. The number of hydrogen-bond donors (Lipinski definition) is 2. The molecule has 3 rings (SSSR count). The summed E-state index contributed by atoms with van der Waals surface area (Å²) in [5, 5.41) is 16.8. The molecule has 2 heterocycles. The molecule has 142 valence electrons. The highest BCUT2D eigenvalue weighted by atomic mass is 32.1. The maximum atomic E-state index is 12.8. The summed E-state index contributed by atoms with van der Waals surface area (Å²) < 4.78 is 9.90. The molecule has 0 spiro atoms. The molecule has 0 fully saturated rings. The van der Waals surface area contributed by atoms with E-state index in [1.54, 1.807) is 24.3 Å². The first-order chi connectivity index (χ1) is 13.5. The van der Waals surface area contributed by atoms with Crippen molar-refractivity contribution in [2.45, 2.75) is 6.04 Å². The van der Waals surface area contributed by atoms with E-state index in [-0.39, 0.29) is 12.2 Å². The van der Waals surface area contributed by atoms with E-state index >= 15 is 0 Å². The van der Waals surface area contributed by atoms with Gasteiger partial charge in [-0.2, -0.15) is 5.26 Å². The molecule has 1 aliphatic heterocycles. The highest BCUT2D eigenvalue weighted by Gasteiger charge is 2.35. The van der Waals surface area contributed by atoms with Crippen LogP contribution >= 0.6 is 23.6 Å². The van der Waals surface area contributed by atoms with Crippen molar-refractivity contribution in [2.24, 2.45) is 0 Å². The van der Waals surface area contributed by atoms with Crippen LogP contribution in [0.15, 0.2) is 47.4 Å². The number of benzene rings is 1. The second kappa shape index (κ2) is 8.65. The summed E-state index contributed by atoms with van der Waals surface area (Å²) in [6.45, 7) is -0.0659. The topological polar surface area (TPSA) is 100 Å². The number of ketones is 1. The fourth-order valence-corrected chi connectivity index (χ4v) is 3.71. The van der Waals surface area contributed by atoms with Crippen molar-refractivity contribution in [1.82, 2.24) is 10.6 Å². The summed E-state index contributed by atoms with van der Waals surface area (Å²) in [6.07, 6.45) is 0. The zero-order valence-electron chi connectivity index (χ0n) is 14.7. The maximum Gasteiger partial charge on any atom is 0.379 e. The summed E-state index contributed by atoms with van der Waals surface area (Å²) in [5.41, 5.74) is 1.40. The van der Waals surface area contributed by atoms with Crippen LogP contribution in [-0.4, -0.2) is 30.6 Å². The van der Waals surface area contributed by atoms with E-state index in [1.807, 2.05) is 23.6 Å². The van der Waals surface area contributed by atoms with E-state index < -0.39 is 17.8 Å². The molecule has 0 aliphatic carbocycles. The molecule has 0 saturated carbocycles. The van der Waals surface area contributed by atoms with Gasteiger partial charge in [-0.25, -0.2) is 4.79 Å². The quantitative estimate of drug-likeness (QED) is 0.423. The molecule has 2 N–H and O–H groups in total. The minimum atomic E-state index is -0.959. The van der Waals surface area contributed by atoms with Crippen molar-refractivity contribution in [3.8, 4) is 11.8 Å². The van der Waals surface area contributed by atoms with Crippen LogP contribution in [0.1, 0.15) is 16.5 Å². The second-order valence-corrected chi connectivity index (χ2v) is 6.99. The van der Waals surface area contributed by atoms with Crippen LogP contribution in [0.3, 0.4) is 0 Å². The van der Waals surface area contributed by atoms with E-state index in [2.05, 4.69) is 15.4 Å². The average Bonchev–Trinajstić information content (AvgIpc) is 3.25. The van der Waals surface area contributed by atoms with Gasteiger partial charge in [-0.3, -0.25) is 4.79 Å². The first-order valence-corrected chi connectivity index (χ1v) is 9.42. The highest BCUT2D eigenvalue weighted by molar-refractivity contribution is 7.80. The number of carbonyl (C=O) groups is 2. The molecule has 1 aromatic heterocycles. The van der Waals surface area contributed by atoms with E-state index in [1.165, 1.54) is 11.3 Å². The van der Waals surface area contributed by atoms with Gasteiger partial charge in [0.2, 0.25) is 0 Å². The number of carbonyl (C=O) groups excluding carboxylic acids is 2. The molecule has 7 nitrogen and oxygen atoms in total. The van der Waals surface area contributed by atoms with E-state index in [0.717, 1.165) is 12.0 Å². The monoisotopic (exact) mass is 413 g/mol. The van der Waals surface area contributed by atoms with Gasteiger partial charge in [-0.1, -0.05) is 18.2 Å². The molecule has 0 radical (unpaired) electrons. The summed E-state index contributed by atoms with van der Waals surface area (Å²) >= 11 is 6.73. The summed E-state index contributed by atoms with van der Waals surface area (Å²) in [6, 6.07) is 11.8. The molecule has 9 heteroatoms. The van der Waals surface area contributed by atoms with Gasteiger partial charge in [0.05, 0.1) is 29.3 Å². The molecule has 0 bridgehead atoms. The molecular weight excluding hydrogens is 398 g/mol. The molecule has 2 aromatic rings. The third-order valence-electron chi connectivity index (χ3n) is 3.97. The van der Waals surface area contributed by atoms with Crippen molar-refractivity contribution in [3.63, 3.8) is 0 Å². The first-order valence-electron chi connectivity index (χ1n) is 8.13. The lowest BCUT2D eigenvalue weighted by atomic mass is 9.91. The number of rotatable bonds is 6. The molecule has 0 amide bonds. The Morgan fingerprint density at radius 3 is 2.64 bits per heavy atom. The predicted molar refractivity (Wildman–Crippen MR) is 107 cm³/mol. The Kier molecular flexibility index (Phi) is 6.03. The van der Waals surface area contributed by atoms with Crippen LogP contribution in [0.25, 0.3) is 5.70 Å². The SMILES string of the molecule is COC(=O)C(=O)C1=C(c2cccs2)NC(=S)N[C@H]1c1ccc(OCC#N)cc1. The van der Waals surface area contributed by atoms with Crippen molar-refractivity contribution in [2.75, 3.05) is 13.7 Å². The Balaban J connectivity index is 2.08. The van der Waals surface area contributed by atoms with Crippen LogP contribution < -0.4 is 15.4 Å². The smallest absolute Gasteiger partial charge is 0.379 e. The lowest BCUT2D eigenvalue weighted by Gasteiger charge is -2.30. The lowest BCUT2D eigenvalue weighted by molar-refractivity contribution is -0.150. The maximum absolute atomic E-state index is 12.8. The number of Topliss-reactive ketones (excluding diaryl/α,β-unsaturated/α-hetero) is 1. The number of nitrogens with zero attached hydrogens (tertiary/aromatic N) is 1. The molecule has 28 heavy (non-hydrogen) atoms. The van der Waals surface area contributed by atoms with E-state index in [0.29, 0.717) is 22.1 Å². The normalized spacial score (nSPS) is 15.9. The van der Waals surface area contributed by atoms with Gasteiger partial charge in [0.1, 0.15) is 11.8 Å². The lowest BCUT2D eigenvalue weighted by Crippen LogP contribution is -2.45. The number of thiophene rings is 1. The standard InChI is InChI=1S/C19H15N3O4S2/c1-25-18(24)17(23)14-15(11-4-6-12(7-5-11)26-9-8-20)21-19(27)22-16(14)13-3-2-10-28-13/h2-7,10,15H,9H2,1H3,(H2,21,22,27)/t15-/m0/s1. The fourth-order valence-electron chi connectivity index (χ4n) is 2.75. The zero-order chi connectivity index (χ0) is 20.1. The van der Waals surface area contributed by atoms with Gasteiger partial charge in [0.25, 0.3) is 5.78 Å². The number of nitrogens with one attached hydrogen (secondary N) is 2. The van der Waals surface area contributed by atoms with E-state index in [4.69, 9.17) is 22.2 Å². The molecule has 0 saturated heterocycles. The Morgan fingerprint density at radius 1 is 1.29 bits per heavy atom. The molecule has 0 unspecified atom stereocenters. The molecule has 1 atom stereocenters. The number of thiocarbonyl (C=S) groups is 1. The fraction of sp³-hybridized carbons (Fsp3) is 0.158. The summed E-state index contributed by atoms with van der Waals surface area (Å²) in [5.74, 6) is -1.20. The predicted octanol–water partition coefficient (Wildman–Crippen LogP) is 2.32. The minimum Gasteiger partial charge on any atom is -0.479 e. The van der Waals surface area contributed by atoms with Crippen molar-refractivity contribution in [3.05, 3.63) is 57.8 Å². The second-order valence-electron chi connectivity index (χ2n) is 5.63. The van der Waals surface area contributed by atoms with Crippen LogP contribution in [0.5, 0.6) is 5.75 Å². The van der Waals surface area contributed by atoms with E-state index in [9.17, 15) is 9.59 Å². The van der Waals surface area contributed by atoms with Gasteiger partial charge in [0, 0.05) is 0 Å². The first kappa shape index (κ1) is 19.5. The minimum absolute atomic E-state index is 0.0659. The van der Waals surface area contributed by atoms with Crippen LogP contribution in [0, 0.1) is 11.3 Å². The van der Waals surface area contributed by atoms with Gasteiger partial charge in [-0.15, -0.1) is 11.3 Å². The van der Waals surface area contributed by atoms with Gasteiger partial charge < -0.3 is 20.1 Å². The van der Waals surface area contributed by atoms with Gasteiger partial charge >= 0.3 is 5.97 Å². The van der Waals surface area contributed by atoms with Gasteiger partial charge in [-0.05, 0) is 41.4 Å². The average molecular weight is 413 g/mol. The summed E-state index contributed by atoms with van der Waals surface area (Å²) in [4.78, 5) is 25.6. The Labute approximate surface area is 170 Å². The zero-order valence-corrected chi connectivity index (χ0v) is 16.4.